The molecule has 2 aromatic rings. The molecule has 2 aromatic carbocycles. The molecular formula is C19H16N2O3. The van der Waals surface area contributed by atoms with Gasteiger partial charge in [0.05, 0.1) is 17.2 Å². The zero-order valence-electron chi connectivity index (χ0n) is 13.0. The van der Waals surface area contributed by atoms with Crippen LogP contribution in [0.25, 0.3) is 0 Å². The number of carbonyl (C=O) groups is 2. The lowest BCUT2D eigenvalue weighted by atomic mass is 10.1. The van der Waals surface area contributed by atoms with Crippen molar-refractivity contribution in [3.63, 3.8) is 0 Å². The fourth-order valence-corrected chi connectivity index (χ4v) is 2.78. The molecule has 1 aliphatic carbocycles. The second-order valence-electron chi connectivity index (χ2n) is 5.65. The third-order valence-electron chi connectivity index (χ3n) is 3.94. The fraction of sp³-hybridized carbons (Fsp3) is 0.211. The number of hydrogen-bond acceptors (Lipinski definition) is 4. The highest BCUT2D eigenvalue weighted by molar-refractivity contribution is 5.95. The number of carbonyl (C=O) groups excluding carboxylic acids is 2. The molecule has 0 aliphatic heterocycles. The normalized spacial score (nSPS) is 12.1. The molecule has 3 rings (SSSR count). The Morgan fingerprint density at radius 1 is 1.12 bits per heavy atom. The monoisotopic (exact) mass is 320 g/mol. The van der Waals surface area contributed by atoms with E-state index >= 15 is 0 Å². The number of esters is 1. The molecule has 0 saturated heterocycles. The van der Waals surface area contributed by atoms with E-state index in [0.717, 1.165) is 19.3 Å². The van der Waals surface area contributed by atoms with Crippen molar-refractivity contribution in [2.75, 3.05) is 11.9 Å². The van der Waals surface area contributed by atoms with Crippen LogP contribution in [-0.4, -0.2) is 18.5 Å². The molecular weight excluding hydrogens is 304 g/mol. The summed E-state index contributed by atoms with van der Waals surface area (Å²) >= 11 is 0. The summed E-state index contributed by atoms with van der Waals surface area (Å²) < 4.78 is 5.06. The second kappa shape index (κ2) is 6.97. The standard InChI is InChI=1S/C19H16N2O3/c20-11-13-3-1-6-17(9-13)21-18(22)12-24-19(23)16-8-7-14-4-2-5-15(14)10-16/h1,3,6-10H,2,4-5,12H2,(H,21,22). The second-order valence-corrected chi connectivity index (χ2v) is 5.65. The van der Waals surface area contributed by atoms with Gasteiger partial charge in [0.1, 0.15) is 0 Å². The fourth-order valence-electron chi connectivity index (χ4n) is 2.78. The predicted octanol–water partition coefficient (Wildman–Crippen LogP) is 2.84. The van der Waals surface area contributed by atoms with Gasteiger partial charge in [-0.3, -0.25) is 4.79 Å². The van der Waals surface area contributed by atoms with Crippen molar-refractivity contribution in [1.29, 1.82) is 5.26 Å². The molecule has 0 saturated carbocycles. The summed E-state index contributed by atoms with van der Waals surface area (Å²) in [7, 11) is 0. The average molecular weight is 320 g/mol. The van der Waals surface area contributed by atoms with Crippen molar-refractivity contribution < 1.29 is 14.3 Å². The van der Waals surface area contributed by atoms with Gasteiger partial charge in [-0.15, -0.1) is 0 Å². The van der Waals surface area contributed by atoms with E-state index in [9.17, 15) is 9.59 Å². The highest BCUT2D eigenvalue weighted by Gasteiger charge is 2.15. The summed E-state index contributed by atoms with van der Waals surface area (Å²) in [5, 5.41) is 11.4. The number of benzene rings is 2. The van der Waals surface area contributed by atoms with Crippen LogP contribution in [0.15, 0.2) is 42.5 Å². The highest BCUT2D eigenvalue weighted by Crippen LogP contribution is 2.23. The summed E-state index contributed by atoms with van der Waals surface area (Å²) in [5.41, 5.74) is 3.87. The van der Waals surface area contributed by atoms with E-state index in [2.05, 4.69) is 5.32 Å². The van der Waals surface area contributed by atoms with Gasteiger partial charge in [0.15, 0.2) is 6.61 Å². The molecule has 0 aromatic heterocycles. The minimum absolute atomic E-state index is 0.368. The maximum absolute atomic E-state index is 12.1. The minimum Gasteiger partial charge on any atom is -0.452 e. The first-order valence-corrected chi connectivity index (χ1v) is 7.74. The summed E-state index contributed by atoms with van der Waals surface area (Å²) in [6, 6.07) is 14.1. The van der Waals surface area contributed by atoms with Gasteiger partial charge < -0.3 is 10.1 Å². The van der Waals surface area contributed by atoms with Gasteiger partial charge >= 0.3 is 5.97 Å². The number of anilines is 1. The molecule has 1 N–H and O–H groups in total. The van der Waals surface area contributed by atoms with Crippen LogP contribution in [0.3, 0.4) is 0 Å². The predicted molar refractivity (Wildman–Crippen MR) is 88.5 cm³/mol. The summed E-state index contributed by atoms with van der Waals surface area (Å²) in [6.45, 7) is -0.368. The Morgan fingerprint density at radius 2 is 1.96 bits per heavy atom. The van der Waals surface area contributed by atoms with Gasteiger partial charge in [0.2, 0.25) is 0 Å². The van der Waals surface area contributed by atoms with Gasteiger partial charge in [-0.25, -0.2) is 4.79 Å². The quantitative estimate of drug-likeness (QED) is 0.879. The van der Waals surface area contributed by atoms with Gasteiger partial charge in [-0.1, -0.05) is 12.1 Å². The highest BCUT2D eigenvalue weighted by atomic mass is 16.5. The number of fused-ring (bicyclic) bond motifs is 1. The van der Waals surface area contributed by atoms with Crippen LogP contribution in [0, 0.1) is 11.3 Å². The van der Waals surface area contributed by atoms with Crippen molar-refractivity contribution in [3.05, 3.63) is 64.7 Å². The summed E-state index contributed by atoms with van der Waals surface area (Å²) in [5.74, 6) is -0.953. The molecule has 0 spiro atoms. The zero-order valence-corrected chi connectivity index (χ0v) is 13.0. The van der Waals surface area contributed by atoms with Crippen LogP contribution in [-0.2, 0) is 22.4 Å². The summed E-state index contributed by atoms with van der Waals surface area (Å²) in [4.78, 5) is 23.9. The van der Waals surface area contributed by atoms with E-state index in [1.54, 1.807) is 30.3 Å². The SMILES string of the molecule is N#Cc1cccc(NC(=O)COC(=O)c2ccc3c(c2)CCC3)c1. The van der Waals surface area contributed by atoms with Crippen molar-refractivity contribution in [3.8, 4) is 6.07 Å². The van der Waals surface area contributed by atoms with Crippen molar-refractivity contribution >= 4 is 17.6 Å². The van der Waals surface area contributed by atoms with Gasteiger partial charge in [0.25, 0.3) is 5.91 Å². The van der Waals surface area contributed by atoms with Crippen molar-refractivity contribution in [1.82, 2.24) is 0 Å². The molecule has 120 valence electrons. The maximum atomic E-state index is 12.1. The lowest BCUT2D eigenvalue weighted by molar-refractivity contribution is -0.119. The molecule has 1 amide bonds. The third-order valence-corrected chi connectivity index (χ3v) is 3.94. The maximum Gasteiger partial charge on any atom is 0.338 e. The lowest BCUT2D eigenvalue weighted by Crippen LogP contribution is -2.21. The van der Waals surface area contributed by atoms with Gasteiger partial charge in [-0.05, 0) is 60.7 Å². The molecule has 1 aliphatic rings. The molecule has 0 radical (unpaired) electrons. The largest absolute Gasteiger partial charge is 0.452 e. The van der Waals surface area contributed by atoms with Crippen LogP contribution >= 0.6 is 0 Å². The number of nitrogens with one attached hydrogen (secondary N) is 1. The third kappa shape index (κ3) is 3.61. The Balaban J connectivity index is 1.56. The molecule has 5 heteroatoms. The number of nitrogens with zero attached hydrogens (tertiary/aromatic N) is 1. The van der Waals surface area contributed by atoms with Crippen LogP contribution in [0.1, 0.15) is 33.5 Å². The first-order chi connectivity index (χ1) is 11.7. The summed E-state index contributed by atoms with van der Waals surface area (Å²) in [6.07, 6.45) is 3.14. The van der Waals surface area contributed by atoms with E-state index in [4.69, 9.17) is 10.00 Å². The Kier molecular flexibility index (Phi) is 4.57. The van der Waals surface area contributed by atoms with Gasteiger partial charge in [-0.2, -0.15) is 5.26 Å². The number of ether oxygens (including phenoxy) is 1. The van der Waals surface area contributed by atoms with Crippen LogP contribution in [0.4, 0.5) is 5.69 Å². The van der Waals surface area contributed by atoms with E-state index < -0.39 is 11.9 Å². The van der Waals surface area contributed by atoms with E-state index in [-0.39, 0.29) is 6.61 Å². The van der Waals surface area contributed by atoms with Crippen molar-refractivity contribution in [2.45, 2.75) is 19.3 Å². The Labute approximate surface area is 139 Å². The average Bonchev–Trinajstić information content (AvgIpc) is 3.07. The molecule has 0 bridgehead atoms. The molecule has 24 heavy (non-hydrogen) atoms. The Hall–Kier alpha value is -3.13. The van der Waals surface area contributed by atoms with Crippen LogP contribution in [0.2, 0.25) is 0 Å². The van der Waals surface area contributed by atoms with Gasteiger partial charge in [0, 0.05) is 5.69 Å². The minimum atomic E-state index is -0.509. The topological polar surface area (TPSA) is 79.2 Å². The number of nitriles is 1. The van der Waals surface area contributed by atoms with Crippen molar-refractivity contribution in [2.24, 2.45) is 0 Å². The molecule has 0 atom stereocenters. The van der Waals surface area contributed by atoms with E-state index in [1.165, 1.54) is 11.1 Å². The van der Waals surface area contributed by atoms with E-state index in [0.29, 0.717) is 16.8 Å². The lowest BCUT2D eigenvalue weighted by Gasteiger charge is -2.08. The molecule has 5 nitrogen and oxygen atoms in total. The van der Waals surface area contributed by atoms with Crippen LogP contribution in [0.5, 0.6) is 0 Å². The number of aryl methyl sites for hydroxylation is 2. The molecule has 0 fully saturated rings. The van der Waals surface area contributed by atoms with Crippen LogP contribution < -0.4 is 5.32 Å². The molecule has 0 heterocycles. The Bertz CT molecular complexity index is 837. The first kappa shape index (κ1) is 15.8. The number of amides is 1. The zero-order chi connectivity index (χ0) is 16.9. The number of rotatable bonds is 4. The Morgan fingerprint density at radius 3 is 2.79 bits per heavy atom. The number of hydrogen-bond donors (Lipinski definition) is 1. The van der Waals surface area contributed by atoms with E-state index in [1.807, 2.05) is 18.2 Å². The smallest absolute Gasteiger partial charge is 0.338 e. The molecule has 0 unspecified atom stereocenters. The first-order valence-electron chi connectivity index (χ1n) is 7.74.